The zero-order valence-electron chi connectivity index (χ0n) is 23.5. The van der Waals surface area contributed by atoms with Crippen LogP contribution < -0.4 is 9.47 Å². The van der Waals surface area contributed by atoms with Crippen LogP contribution in [-0.2, 0) is 6.54 Å². The maximum atomic E-state index is 13.8. The summed E-state index contributed by atoms with van der Waals surface area (Å²) in [6, 6.07) is 12.9. The van der Waals surface area contributed by atoms with Gasteiger partial charge in [0.25, 0.3) is 5.91 Å². The Bertz CT molecular complexity index is 1480. The highest BCUT2D eigenvalue weighted by Gasteiger charge is 2.43. The smallest absolute Gasteiger partial charge is 0.273 e. The molecule has 1 amide bonds. The van der Waals surface area contributed by atoms with Gasteiger partial charge < -0.3 is 19.5 Å². The van der Waals surface area contributed by atoms with Gasteiger partial charge in [0, 0.05) is 30.1 Å². The number of carbonyl (C=O) groups is 1. The van der Waals surface area contributed by atoms with E-state index < -0.39 is 6.04 Å². The number of hydrogen-bond acceptors (Lipinski definition) is 6. The molecule has 1 aliphatic rings. The number of benzene rings is 2. The molecule has 0 bridgehead atoms. The van der Waals surface area contributed by atoms with Gasteiger partial charge in [-0.15, -0.1) is 0 Å². The van der Waals surface area contributed by atoms with Crippen molar-refractivity contribution in [1.82, 2.24) is 20.1 Å². The van der Waals surface area contributed by atoms with E-state index in [0.717, 1.165) is 47.1 Å². The van der Waals surface area contributed by atoms with Crippen LogP contribution in [0.25, 0.3) is 11.3 Å². The van der Waals surface area contributed by atoms with Crippen molar-refractivity contribution >= 4 is 5.91 Å². The van der Waals surface area contributed by atoms with Crippen molar-refractivity contribution in [1.29, 1.82) is 0 Å². The first-order chi connectivity index (χ1) is 19.4. The van der Waals surface area contributed by atoms with Gasteiger partial charge in [0.15, 0.2) is 11.5 Å². The number of aryl methyl sites for hydroxylation is 2. The minimum Gasteiger partial charge on any atom is -0.507 e. The number of aromatic nitrogens is 3. The number of aromatic amines is 1. The number of H-pyrrole nitrogens is 1. The Hall–Kier alpha value is -4.33. The quantitative estimate of drug-likeness (QED) is 0.210. The first kappa shape index (κ1) is 27.2. The van der Waals surface area contributed by atoms with Crippen LogP contribution in [0.2, 0.25) is 0 Å². The van der Waals surface area contributed by atoms with Gasteiger partial charge in [0.05, 0.1) is 19.3 Å². The Morgan fingerprint density at radius 3 is 2.62 bits per heavy atom. The molecule has 8 nitrogen and oxygen atoms in total. The Morgan fingerprint density at radius 1 is 1.05 bits per heavy atom. The number of amides is 1. The third-order valence-corrected chi connectivity index (χ3v) is 7.22. The van der Waals surface area contributed by atoms with E-state index in [2.05, 4.69) is 22.1 Å². The predicted molar refractivity (Wildman–Crippen MR) is 154 cm³/mol. The van der Waals surface area contributed by atoms with Crippen LogP contribution in [0.15, 0.2) is 54.9 Å². The van der Waals surface area contributed by atoms with Crippen LogP contribution in [-0.4, -0.2) is 44.3 Å². The maximum Gasteiger partial charge on any atom is 0.273 e. The summed E-state index contributed by atoms with van der Waals surface area (Å²) in [6.45, 7) is 9.44. The molecule has 2 aromatic carbocycles. The molecule has 0 fully saturated rings. The molecule has 1 atom stereocenters. The summed E-state index contributed by atoms with van der Waals surface area (Å²) in [4.78, 5) is 19.9. The fraction of sp³-hybridized carbons (Fsp3) is 0.344. The Balaban J connectivity index is 1.62. The second-order valence-corrected chi connectivity index (χ2v) is 10.2. The molecule has 0 radical (unpaired) electrons. The number of rotatable bonds is 11. The lowest BCUT2D eigenvalue weighted by Crippen LogP contribution is -2.29. The van der Waals surface area contributed by atoms with Crippen molar-refractivity contribution in [2.24, 2.45) is 0 Å². The highest BCUT2D eigenvalue weighted by Crippen LogP contribution is 2.47. The molecule has 8 heteroatoms. The van der Waals surface area contributed by atoms with Gasteiger partial charge in [-0.05, 0) is 73.7 Å². The van der Waals surface area contributed by atoms with Crippen molar-refractivity contribution in [3.63, 3.8) is 0 Å². The van der Waals surface area contributed by atoms with Crippen molar-refractivity contribution in [3.05, 3.63) is 88.4 Å². The average molecular weight is 541 g/mol. The number of pyridine rings is 1. The lowest BCUT2D eigenvalue weighted by Gasteiger charge is -2.27. The summed E-state index contributed by atoms with van der Waals surface area (Å²) in [7, 11) is 0. The van der Waals surface area contributed by atoms with E-state index in [-0.39, 0.29) is 11.7 Å². The van der Waals surface area contributed by atoms with Gasteiger partial charge in [-0.1, -0.05) is 38.0 Å². The van der Waals surface area contributed by atoms with E-state index in [1.807, 2.05) is 62.1 Å². The maximum absolute atomic E-state index is 13.8. The van der Waals surface area contributed by atoms with E-state index in [1.165, 1.54) is 0 Å². The van der Waals surface area contributed by atoms with E-state index in [1.54, 1.807) is 18.5 Å². The van der Waals surface area contributed by atoms with Crippen molar-refractivity contribution in [2.75, 3.05) is 13.2 Å². The molecule has 4 aromatic rings. The Labute approximate surface area is 235 Å². The topological polar surface area (TPSA) is 101 Å². The fourth-order valence-electron chi connectivity index (χ4n) is 5.45. The number of hydrogen-bond donors (Lipinski definition) is 2. The molecule has 0 saturated heterocycles. The summed E-state index contributed by atoms with van der Waals surface area (Å²) in [5.74, 6) is 1.29. The lowest BCUT2D eigenvalue weighted by molar-refractivity contribution is 0.0729. The molecule has 0 saturated carbocycles. The molecule has 40 heavy (non-hydrogen) atoms. The molecule has 2 N–H and O–H groups in total. The summed E-state index contributed by atoms with van der Waals surface area (Å²) in [5, 5.41) is 18.5. The number of aromatic hydroxyl groups is 1. The molecule has 5 rings (SSSR count). The first-order valence-corrected chi connectivity index (χ1v) is 13.9. The zero-order chi connectivity index (χ0) is 28.2. The van der Waals surface area contributed by atoms with E-state index >= 15 is 0 Å². The standard InChI is InChI=1S/C32H36N4O4/c1-5-7-8-14-40-25-12-11-23(17-26(25)39-6-2)31-28-29(27-21(4)15-20(3)16-24(27)37)34-35-30(28)32(38)36(31)19-22-10-9-13-33-18-22/h9-13,15-18,31,37H,5-8,14,19H2,1-4H3,(H,34,35). The van der Waals surface area contributed by atoms with Gasteiger partial charge in [-0.2, -0.15) is 5.10 Å². The lowest BCUT2D eigenvalue weighted by atomic mass is 9.93. The molecule has 208 valence electrons. The molecular weight excluding hydrogens is 504 g/mol. The van der Waals surface area contributed by atoms with Gasteiger partial charge >= 0.3 is 0 Å². The Kier molecular flexibility index (Phi) is 8.05. The van der Waals surface area contributed by atoms with Crippen LogP contribution in [0.3, 0.4) is 0 Å². The molecular formula is C32H36N4O4. The van der Waals surface area contributed by atoms with E-state index in [9.17, 15) is 9.90 Å². The molecule has 0 aliphatic carbocycles. The Morgan fingerprint density at radius 2 is 1.90 bits per heavy atom. The molecule has 1 aliphatic heterocycles. The highest BCUT2D eigenvalue weighted by molar-refractivity contribution is 6.00. The fourth-order valence-corrected chi connectivity index (χ4v) is 5.45. The third-order valence-electron chi connectivity index (χ3n) is 7.22. The minimum absolute atomic E-state index is 0.134. The van der Waals surface area contributed by atoms with Gasteiger partial charge in [0.1, 0.15) is 17.1 Å². The number of phenols is 1. The number of phenolic OH excluding ortho intramolecular Hbond substituents is 1. The van der Waals surface area contributed by atoms with Crippen LogP contribution in [0.1, 0.15) is 77.5 Å². The van der Waals surface area contributed by atoms with Crippen LogP contribution in [0.4, 0.5) is 0 Å². The minimum atomic E-state index is -0.468. The summed E-state index contributed by atoms with van der Waals surface area (Å²) >= 11 is 0. The van der Waals surface area contributed by atoms with Crippen LogP contribution in [0.5, 0.6) is 17.2 Å². The monoisotopic (exact) mass is 540 g/mol. The number of ether oxygens (including phenoxy) is 2. The summed E-state index contributed by atoms with van der Waals surface area (Å²) < 4.78 is 12.1. The second-order valence-electron chi connectivity index (χ2n) is 10.2. The van der Waals surface area contributed by atoms with E-state index in [4.69, 9.17) is 9.47 Å². The number of nitrogens with one attached hydrogen (secondary N) is 1. The molecule has 3 heterocycles. The highest BCUT2D eigenvalue weighted by atomic mass is 16.5. The molecule has 2 aromatic heterocycles. The summed E-state index contributed by atoms with van der Waals surface area (Å²) in [5.41, 5.74) is 5.95. The zero-order valence-corrected chi connectivity index (χ0v) is 23.5. The average Bonchev–Trinajstić information content (AvgIpc) is 3.46. The van der Waals surface area contributed by atoms with Gasteiger partial charge in [-0.25, -0.2) is 0 Å². The second kappa shape index (κ2) is 11.8. The number of nitrogens with zero attached hydrogens (tertiary/aromatic N) is 3. The van der Waals surface area contributed by atoms with E-state index in [0.29, 0.717) is 48.2 Å². The summed E-state index contributed by atoms with van der Waals surface area (Å²) in [6.07, 6.45) is 6.68. The van der Waals surface area contributed by atoms with Crippen molar-refractivity contribution < 1.29 is 19.4 Å². The van der Waals surface area contributed by atoms with Gasteiger partial charge in [-0.3, -0.25) is 14.9 Å². The normalized spacial score (nSPS) is 14.4. The predicted octanol–water partition coefficient (Wildman–Crippen LogP) is 6.51. The SMILES string of the molecule is CCCCCOc1ccc(C2c3c(-c4c(C)cc(C)cc4O)n[nH]c3C(=O)N2Cc2cccnc2)cc1OCC. The van der Waals surface area contributed by atoms with Crippen LogP contribution >= 0.6 is 0 Å². The number of fused-ring (bicyclic) bond motifs is 1. The molecule has 1 unspecified atom stereocenters. The number of carbonyl (C=O) groups excluding carboxylic acids is 1. The third kappa shape index (κ3) is 5.26. The number of unbranched alkanes of at least 4 members (excludes halogenated alkanes) is 2. The largest absolute Gasteiger partial charge is 0.507 e. The van der Waals surface area contributed by atoms with Crippen LogP contribution in [0, 0.1) is 13.8 Å². The first-order valence-electron chi connectivity index (χ1n) is 13.9. The van der Waals surface area contributed by atoms with Crippen molar-refractivity contribution in [2.45, 2.75) is 59.5 Å². The molecule has 0 spiro atoms. The van der Waals surface area contributed by atoms with Crippen molar-refractivity contribution in [3.8, 4) is 28.5 Å². The van der Waals surface area contributed by atoms with Gasteiger partial charge in [0.2, 0.25) is 0 Å².